The highest BCUT2D eigenvalue weighted by Crippen LogP contribution is 2.25. The molecule has 2 fully saturated rings. The largest absolute Gasteiger partial charge is 0.356 e. The smallest absolute Gasteiger partial charge is 0.255 e. The lowest BCUT2D eigenvalue weighted by Crippen LogP contribution is -2.37. The topological polar surface area (TPSA) is 45.2 Å². The number of amides is 1. The van der Waals surface area contributed by atoms with Crippen molar-refractivity contribution < 1.29 is 4.79 Å². The molecule has 1 aromatic heterocycles. The number of nitrogens with zero attached hydrogens (tertiary/aromatic N) is 2. The molecular formula is C17H25N3O. The van der Waals surface area contributed by atoms with Gasteiger partial charge < -0.3 is 10.2 Å². The van der Waals surface area contributed by atoms with Crippen LogP contribution in [0.25, 0.3) is 0 Å². The molecule has 1 aliphatic carbocycles. The van der Waals surface area contributed by atoms with Crippen molar-refractivity contribution in [3.63, 3.8) is 0 Å². The Kier molecular flexibility index (Phi) is 4.42. The molecule has 2 heterocycles. The molecule has 4 heteroatoms. The van der Waals surface area contributed by atoms with E-state index >= 15 is 0 Å². The Bertz CT molecular complexity index is 489. The molecular weight excluding hydrogens is 262 g/mol. The number of carbonyl (C=O) groups is 1. The van der Waals surface area contributed by atoms with Gasteiger partial charge in [-0.15, -0.1) is 0 Å². The van der Waals surface area contributed by atoms with Gasteiger partial charge >= 0.3 is 0 Å². The molecule has 0 unspecified atom stereocenters. The second-order valence-electron chi connectivity index (χ2n) is 6.50. The van der Waals surface area contributed by atoms with Crippen LogP contribution in [0.4, 0.5) is 5.82 Å². The number of anilines is 1. The van der Waals surface area contributed by atoms with Crippen LogP contribution < -0.4 is 10.2 Å². The predicted octanol–water partition coefficient (Wildman–Crippen LogP) is 2.99. The van der Waals surface area contributed by atoms with Crippen molar-refractivity contribution in [2.45, 2.75) is 51.5 Å². The number of hydrogen-bond donors (Lipinski definition) is 1. The van der Waals surface area contributed by atoms with Gasteiger partial charge in [0.15, 0.2) is 0 Å². The predicted molar refractivity (Wildman–Crippen MR) is 84.6 cm³/mol. The van der Waals surface area contributed by atoms with E-state index in [4.69, 9.17) is 0 Å². The van der Waals surface area contributed by atoms with Gasteiger partial charge in [0.05, 0.1) is 5.56 Å². The van der Waals surface area contributed by atoms with Crippen LogP contribution in [-0.2, 0) is 0 Å². The van der Waals surface area contributed by atoms with Crippen molar-refractivity contribution in [2.75, 3.05) is 18.0 Å². The summed E-state index contributed by atoms with van der Waals surface area (Å²) in [5.74, 6) is 1.68. The second-order valence-corrected chi connectivity index (χ2v) is 6.50. The Morgan fingerprint density at radius 2 is 1.95 bits per heavy atom. The number of aromatic nitrogens is 1. The van der Waals surface area contributed by atoms with Gasteiger partial charge in [-0.3, -0.25) is 4.79 Å². The average molecular weight is 287 g/mol. The van der Waals surface area contributed by atoms with Crippen molar-refractivity contribution in [1.29, 1.82) is 0 Å². The van der Waals surface area contributed by atoms with E-state index in [-0.39, 0.29) is 5.91 Å². The second kappa shape index (κ2) is 6.46. The van der Waals surface area contributed by atoms with E-state index in [1.807, 2.05) is 12.1 Å². The number of carbonyl (C=O) groups excluding carboxylic acids is 1. The number of hydrogen-bond acceptors (Lipinski definition) is 3. The molecule has 1 saturated heterocycles. The van der Waals surface area contributed by atoms with Gasteiger partial charge in [0.25, 0.3) is 5.91 Å². The summed E-state index contributed by atoms with van der Waals surface area (Å²) < 4.78 is 0. The van der Waals surface area contributed by atoms with Crippen molar-refractivity contribution >= 4 is 11.7 Å². The average Bonchev–Trinajstić information content (AvgIpc) is 3.01. The van der Waals surface area contributed by atoms with Crippen LogP contribution in [0.3, 0.4) is 0 Å². The lowest BCUT2D eigenvalue weighted by atomic mass is 9.99. The quantitative estimate of drug-likeness (QED) is 0.929. The normalized spacial score (nSPS) is 20.7. The Hall–Kier alpha value is -1.58. The molecule has 1 N–H and O–H groups in total. The number of rotatable bonds is 3. The standard InChI is InChI=1S/C17H25N3O/c1-13-8-11-20(12-9-13)16-15(7-4-10-18-16)17(21)19-14-5-2-3-6-14/h4,7,10,13-14H,2-3,5-6,8-9,11-12H2,1H3,(H,19,21). The van der Waals surface area contributed by atoms with Gasteiger partial charge in [0.1, 0.15) is 5.82 Å². The molecule has 1 aliphatic heterocycles. The van der Waals surface area contributed by atoms with E-state index in [2.05, 4.69) is 22.1 Å². The van der Waals surface area contributed by atoms with Crippen LogP contribution in [-0.4, -0.2) is 30.0 Å². The van der Waals surface area contributed by atoms with Gasteiger partial charge in [-0.2, -0.15) is 0 Å². The number of pyridine rings is 1. The maximum absolute atomic E-state index is 12.6. The van der Waals surface area contributed by atoms with Crippen molar-refractivity contribution in [3.05, 3.63) is 23.9 Å². The highest BCUT2D eigenvalue weighted by molar-refractivity contribution is 5.99. The molecule has 21 heavy (non-hydrogen) atoms. The molecule has 2 aliphatic rings. The molecule has 0 bridgehead atoms. The van der Waals surface area contributed by atoms with E-state index in [0.717, 1.165) is 43.2 Å². The van der Waals surface area contributed by atoms with Crippen LogP contribution in [0.2, 0.25) is 0 Å². The van der Waals surface area contributed by atoms with Gasteiger partial charge in [0, 0.05) is 25.3 Å². The van der Waals surface area contributed by atoms with Crippen LogP contribution in [0.1, 0.15) is 55.8 Å². The molecule has 1 saturated carbocycles. The molecule has 0 radical (unpaired) electrons. The third-order valence-corrected chi connectivity index (χ3v) is 4.80. The highest BCUT2D eigenvalue weighted by atomic mass is 16.1. The summed E-state index contributed by atoms with van der Waals surface area (Å²) in [7, 11) is 0. The lowest BCUT2D eigenvalue weighted by Gasteiger charge is -2.32. The lowest BCUT2D eigenvalue weighted by molar-refractivity contribution is 0.0938. The summed E-state index contributed by atoms with van der Waals surface area (Å²) in [6.07, 6.45) is 8.84. The number of nitrogens with one attached hydrogen (secondary N) is 1. The minimum atomic E-state index is 0.0450. The third kappa shape index (κ3) is 3.36. The van der Waals surface area contributed by atoms with Gasteiger partial charge in [-0.05, 0) is 43.7 Å². The van der Waals surface area contributed by atoms with Gasteiger partial charge in [-0.25, -0.2) is 4.98 Å². The summed E-state index contributed by atoms with van der Waals surface area (Å²) in [6.45, 7) is 4.30. The zero-order valence-corrected chi connectivity index (χ0v) is 12.8. The summed E-state index contributed by atoms with van der Waals surface area (Å²) in [5.41, 5.74) is 0.735. The summed E-state index contributed by atoms with van der Waals surface area (Å²) in [5, 5.41) is 3.18. The van der Waals surface area contributed by atoms with Crippen molar-refractivity contribution in [3.8, 4) is 0 Å². The van der Waals surface area contributed by atoms with Gasteiger partial charge in [0.2, 0.25) is 0 Å². The maximum Gasteiger partial charge on any atom is 0.255 e. The SMILES string of the molecule is CC1CCN(c2ncccc2C(=O)NC2CCCC2)CC1. The first-order valence-electron chi connectivity index (χ1n) is 8.25. The zero-order valence-electron chi connectivity index (χ0n) is 12.8. The molecule has 114 valence electrons. The molecule has 0 aromatic carbocycles. The van der Waals surface area contributed by atoms with Crippen LogP contribution in [0.5, 0.6) is 0 Å². The fourth-order valence-corrected chi connectivity index (χ4v) is 3.38. The van der Waals surface area contributed by atoms with Crippen molar-refractivity contribution in [2.24, 2.45) is 5.92 Å². The summed E-state index contributed by atoms with van der Waals surface area (Å²) >= 11 is 0. The summed E-state index contributed by atoms with van der Waals surface area (Å²) in [6, 6.07) is 4.12. The fourth-order valence-electron chi connectivity index (χ4n) is 3.38. The molecule has 0 spiro atoms. The molecule has 1 amide bonds. The fraction of sp³-hybridized carbons (Fsp3) is 0.647. The first kappa shape index (κ1) is 14.4. The van der Waals surface area contributed by atoms with E-state index in [1.54, 1.807) is 6.20 Å². The van der Waals surface area contributed by atoms with Crippen LogP contribution >= 0.6 is 0 Å². The Morgan fingerprint density at radius 1 is 1.24 bits per heavy atom. The Balaban J connectivity index is 1.73. The third-order valence-electron chi connectivity index (χ3n) is 4.80. The van der Waals surface area contributed by atoms with E-state index in [0.29, 0.717) is 6.04 Å². The Morgan fingerprint density at radius 3 is 2.67 bits per heavy atom. The minimum Gasteiger partial charge on any atom is -0.356 e. The van der Waals surface area contributed by atoms with Crippen LogP contribution in [0.15, 0.2) is 18.3 Å². The van der Waals surface area contributed by atoms with Crippen molar-refractivity contribution in [1.82, 2.24) is 10.3 Å². The molecule has 3 rings (SSSR count). The molecule has 1 aromatic rings. The van der Waals surface area contributed by atoms with E-state index in [9.17, 15) is 4.79 Å². The number of piperidine rings is 1. The first-order valence-corrected chi connectivity index (χ1v) is 8.25. The first-order chi connectivity index (χ1) is 10.2. The van der Waals surface area contributed by atoms with Crippen LogP contribution in [0, 0.1) is 5.92 Å². The van der Waals surface area contributed by atoms with E-state index in [1.165, 1.54) is 25.7 Å². The zero-order chi connectivity index (χ0) is 14.7. The molecule has 0 atom stereocenters. The molecule has 4 nitrogen and oxygen atoms in total. The summed E-state index contributed by atoms with van der Waals surface area (Å²) in [4.78, 5) is 19.3. The Labute approximate surface area is 126 Å². The monoisotopic (exact) mass is 287 g/mol. The van der Waals surface area contributed by atoms with Gasteiger partial charge in [-0.1, -0.05) is 19.8 Å². The minimum absolute atomic E-state index is 0.0450. The highest BCUT2D eigenvalue weighted by Gasteiger charge is 2.24. The van der Waals surface area contributed by atoms with E-state index < -0.39 is 0 Å². The maximum atomic E-state index is 12.6.